The SMILES string of the molecule is CCCCCCCCCC(C(N)=O)(C1CCCC(CCCC)C1)C1CCCC(CCCC)C1. The maximum Gasteiger partial charge on any atom is 0.224 e. The first-order chi connectivity index (χ1) is 16.1. The molecule has 2 rings (SSSR count). The lowest BCUT2D eigenvalue weighted by atomic mass is 9.54. The molecule has 2 aliphatic rings. The average molecular weight is 462 g/mol. The maximum atomic E-state index is 13.5. The Labute approximate surface area is 207 Å². The van der Waals surface area contributed by atoms with Gasteiger partial charge in [-0.15, -0.1) is 0 Å². The van der Waals surface area contributed by atoms with E-state index in [2.05, 4.69) is 20.8 Å². The molecule has 2 saturated carbocycles. The zero-order chi connectivity index (χ0) is 23.9. The smallest absolute Gasteiger partial charge is 0.224 e. The normalized spacial score (nSPS) is 27.8. The van der Waals surface area contributed by atoms with Gasteiger partial charge in [0.25, 0.3) is 0 Å². The van der Waals surface area contributed by atoms with Gasteiger partial charge in [0, 0.05) is 0 Å². The quantitative estimate of drug-likeness (QED) is 0.215. The molecule has 0 heterocycles. The number of primary amides is 1. The van der Waals surface area contributed by atoms with E-state index in [4.69, 9.17) is 5.73 Å². The fourth-order valence-electron chi connectivity index (χ4n) is 7.67. The Bertz CT molecular complexity index is 487. The van der Waals surface area contributed by atoms with Crippen molar-refractivity contribution in [1.82, 2.24) is 0 Å². The summed E-state index contributed by atoms with van der Waals surface area (Å²) < 4.78 is 0. The summed E-state index contributed by atoms with van der Waals surface area (Å²) in [5.74, 6) is 2.82. The number of hydrogen-bond acceptors (Lipinski definition) is 1. The van der Waals surface area contributed by atoms with Crippen LogP contribution in [-0.4, -0.2) is 5.91 Å². The third-order valence-corrected chi connectivity index (χ3v) is 9.61. The molecule has 2 fully saturated rings. The van der Waals surface area contributed by atoms with Crippen molar-refractivity contribution in [3.8, 4) is 0 Å². The molecule has 0 radical (unpaired) electrons. The molecule has 4 atom stereocenters. The van der Waals surface area contributed by atoms with Crippen LogP contribution in [0.4, 0.5) is 0 Å². The zero-order valence-corrected chi connectivity index (χ0v) is 22.9. The fourth-order valence-corrected chi connectivity index (χ4v) is 7.67. The van der Waals surface area contributed by atoms with Gasteiger partial charge in [-0.05, 0) is 55.8 Å². The second kappa shape index (κ2) is 16.2. The van der Waals surface area contributed by atoms with Crippen molar-refractivity contribution in [2.24, 2.45) is 34.8 Å². The summed E-state index contributed by atoms with van der Waals surface area (Å²) in [6, 6.07) is 0. The number of amides is 1. The van der Waals surface area contributed by atoms with Crippen LogP contribution in [0.3, 0.4) is 0 Å². The van der Waals surface area contributed by atoms with Gasteiger partial charge in [-0.2, -0.15) is 0 Å². The Kier molecular flexibility index (Phi) is 14.1. The van der Waals surface area contributed by atoms with Gasteiger partial charge in [-0.1, -0.05) is 130 Å². The van der Waals surface area contributed by atoms with Crippen LogP contribution in [-0.2, 0) is 4.79 Å². The summed E-state index contributed by atoms with van der Waals surface area (Å²) >= 11 is 0. The number of carbonyl (C=O) groups is 1. The first-order valence-corrected chi connectivity index (χ1v) is 15.4. The van der Waals surface area contributed by atoms with Crippen molar-refractivity contribution in [1.29, 1.82) is 0 Å². The molecule has 194 valence electrons. The van der Waals surface area contributed by atoms with Crippen molar-refractivity contribution in [2.45, 2.75) is 162 Å². The lowest BCUT2D eigenvalue weighted by molar-refractivity contribution is -0.140. The molecule has 2 nitrogen and oxygen atoms in total. The van der Waals surface area contributed by atoms with Crippen LogP contribution < -0.4 is 5.73 Å². The monoisotopic (exact) mass is 461 g/mol. The maximum absolute atomic E-state index is 13.5. The van der Waals surface area contributed by atoms with E-state index in [1.165, 1.54) is 135 Å². The molecular weight excluding hydrogens is 402 g/mol. The summed E-state index contributed by atoms with van der Waals surface area (Å²) in [7, 11) is 0. The van der Waals surface area contributed by atoms with Crippen molar-refractivity contribution < 1.29 is 4.79 Å². The van der Waals surface area contributed by atoms with Gasteiger partial charge in [0.2, 0.25) is 5.91 Å². The highest BCUT2D eigenvalue weighted by atomic mass is 16.1. The molecule has 1 amide bonds. The molecule has 0 aromatic carbocycles. The predicted octanol–water partition coefficient (Wildman–Crippen LogP) is 9.59. The zero-order valence-electron chi connectivity index (χ0n) is 22.9. The van der Waals surface area contributed by atoms with Crippen molar-refractivity contribution in [2.75, 3.05) is 0 Å². The molecule has 2 aliphatic carbocycles. The van der Waals surface area contributed by atoms with Crippen molar-refractivity contribution in [3.63, 3.8) is 0 Å². The van der Waals surface area contributed by atoms with Crippen LogP contribution in [0.1, 0.15) is 162 Å². The molecule has 2 N–H and O–H groups in total. The summed E-state index contributed by atoms with van der Waals surface area (Å²) in [5, 5.41) is 0. The lowest BCUT2D eigenvalue weighted by Crippen LogP contribution is -2.51. The standard InChI is InChI=1S/C31H59NO/c1-4-7-10-11-12-13-14-23-31(30(32)33,28-21-15-19-26(24-28)17-8-5-2)29-22-16-20-27(25-29)18-9-6-3/h26-29H,4-25H2,1-3H3,(H2,32,33). The first-order valence-electron chi connectivity index (χ1n) is 15.4. The van der Waals surface area contributed by atoms with Crippen LogP contribution >= 0.6 is 0 Å². The molecule has 0 aliphatic heterocycles. The summed E-state index contributed by atoms with van der Waals surface area (Å²) in [6.07, 6.45) is 28.8. The molecule has 0 aromatic heterocycles. The Morgan fingerprint density at radius 3 is 1.58 bits per heavy atom. The van der Waals surface area contributed by atoms with E-state index in [1.807, 2.05) is 0 Å². The molecule has 0 saturated heterocycles. The van der Waals surface area contributed by atoms with Crippen LogP contribution in [0.5, 0.6) is 0 Å². The molecule has 4 unspecified atom stereocenters. The van der Waals surface area contributed by atoms with E-state index in [-0.39, 0.29) is 11.3 Å². The largest absolute Gasteiger partial charge is 0.369 e. The molecular formula is C31H59NO. The Morgan fingerprint density at radius 1 is 0.667 bits per heavy atom. The highest BCUT2D eigenvalue weighted by molar-refractivity contribution is 5.81. The van der Waals surface area contributed by atoms with Gasteiger partial charge in [-0.3, -0.25) is 4.79 Å². The Morgan fingerprint density at radius 2 is 1.12 bits per heavy atom. The molecule has 33 heavy (non-hydrogen) atoms. The van der Waals surface area contributed by atoms with Crippen molar-refractivity contribution in [3.05, 3.63) is 0 Å². The topological polar surface area (TPSA) is 43.1 Å². The second-order valence-corrected chi connectivity index (χ2v) is 12.0. The third kappa shape index (κ3) is 8.88. The number of rotatable bonds is 17. The molecule has 0 aromatic rings. The number of unbranched alkanes of at least 4 members (excludes halogenated alkanes) is 8. The molecule has 0 bridgehead atoms. The van der Waals surface area contributed by atoms with Crippen LogP contribution in [0.15, 0.2) is 0 Å². The minimum Gasteiger partial charge on any atom is -0.369 e. The van der Waals surface area contributed by atoms with E-state index < -0.39 is 0 Å². The number of nitrogens with two attached hydrogens (primary N) is 1. The summed E-state index contributed by atoms with van der Waals surface area (Å²) in [6.45, 7) is 6.91. The van der Waals surface area contributed by atoms with Crippen molar-refractivity contribution >= 4 is 5.91 Å². The van der Waals surface area contributed by atoms with Gasteiger partial charge in [-0.25, -0.2) is 0 Å². The van der Waals surface area contributed by atoms with Crippen LogP contribution in [0.2, 0.25) is 0 Å². The van der Waals surface area contributed by atoms with Gasteiger partial charge in [0.15, 0.2) is 0 Å². The molecule has 2 heteroatoms. The van der Waals surface area contributed by atoms with E-state index >= 15 is 0 Å². The minimum absolute atomic E-state index is 0.0794. The third-order valence-electron chi connectivity index (χ3n) is 9.61. The Balaban J connectivity index is 2.14. The average Bonchev–Trinajstić information content (AvgIpc) is 2.83. The number of carbonyl (C=O) groups excluding carboxylic acids is 1. The second-order valence-electron chi connectivity index (χ2n) is 12.0. The first kappa shape index (κ1) is 28.7. The predicted molar refractivity (Wildman–Crippen MR) is 144 cm³/mol. The fraction of sp³-hybridized carbons (Fsp3) is 0.968. The van der Waals surface area contributed by atoms with E-state index in [0.717, 1.165) is 18.3 Å². The Hall–Kier alpha value is -0.530. The van der Waals surface area contributed by atoms with E-state index in [9.17, 15) is 4.79 Å². The number of hydrogen-bond donors (Lipinski definition) is 1. The van der Waals surface area contributed by atoms with E-state index in [1.54, 1.807) is 0 Å². The van der Waals surface area contributed by atoms with Gasteiger partial charge < -0.3 is 5.73 Å². The van der Waals surface area contributed by atoms with Crippen LogP contribution in [0, 0.1) is 29.1 Å². The van der Waals surface area contributed by atoms with Crippen LogP contribution in [0.25, 0.3) is 0 Å². The summed E-state index contributed by atoms with van der Waals surface area (Å²) in [4.78, 5) is 13.5. The lowest BCUT2D eigenvalue weighted by Gasteiger charge is -2.50. The van der Waals surface area contributed by atoms with Gasteiger partial charge >= 0.3 is 0 Å². The summed E-state index contributed by atoms with van der Waals surface area (Å²) in [5.41, 5.74) is 6.24. The van der Waals surface area contributed by atoms with Gasteiger partial charge in [0.05, 0.1) is 5.41 Å². The van der Waals surface area contributed by atoms with Gasteiger partial charge in [0.1, 0.15) is 0 Å². The highest BCUT2D eigenvalue weighted by Crippen LogP contribution is 2.54. The molecule has 0 spiro atoms. The minimum atomic E-state index is -0.223. The highest BCUT2D eigenvalue weighted by Gasteiger charge is 2.51. The van der Waals surface area contributed by atoms with E-state index in [0.29, 0.717) is 11.8 Å².